The molecule has 160 valence electrons. The second-order valence-electron chi connectivity index (χ2n) is 8.32. The molecule has 8 heteroatoms. The monoisotopic (exact) mass is 425 g/mol. The molecule has 0 fully saturated rings. The van der Waals surface area contributed by atoms with Gasteiger partial charge >= 0.3 is 0 Å². The molecule has 0 atom stereocenters. The number of hydrogen-bond donors (Lipinski definition) is 1. The molecule has 3 rings (SSSR count). The molecule has 0 saturated heterocycles. The minimum absolute atomic E-state index is 0.394. The summed E-state index contributed by atoms with van der Waals surface area (Å²) in [5, 5.41) is 4.30. The van der Waals surface area contributed by atoms with Gasteiger partial charge in [-0.25, -0.2) is 15.0 Å². The Morgan fingerprint density at radius 1 is 1.17 bits per heavy atom. The van der Waals surface area contributed by atoms with E-state index in [9.17, 15) is 0 Å². The normalized spacial score (nSPS) is 12.0. The van der Waals surface area contributed by atoms with E-state index in [1.165, 1.54) is 0 Å². The van der Waals surface area contributed by atoms with Crippen molar-refractivity contribution in [3.05, 3.63) is 48.1 Å². The van der Waals surface area contributed by atoms with Crippen molar-refractivity contribution in [2.45, 2.75) is 46.3 Å². The van der Waals surface area contributed by atoms with Gasteiger partial charge in [0.15, 0.2) is 0 Å². The number of nitrogens with zero attached hydrogens (tertiary/aromatic N) is 4. The van der Waals surface area contributed by atoms with Gasteiger partial charge in [-0.2, -0.15) is 0 Å². The Kier molecular flexibility index (Phi) is 7.23. The van der Waals surface area contributed by atoms with Gasteiger partial charge in [0.25, 0.3) is 0 Å². The highest BCUT2D eigenvalue weighted by Crippen LogP contribution is 2.21. The zero-order valence-corrected chi connectivity index (χ0v) is 19.5. The van der Waals surface area contributed by atoms with Crippen molar-refractivity contribution >= 4 is 36.9 Å². The van der Waals surface area contributed by atoms with E-state index in [4.69, 9.17) is 9.47 Å². The first-order chi connectivity index (χ1) is 14.4. The third-order valence-corrected chi connectivity index (χ3v) is 6.33. The summed E-state index contributed by atoms with van der Waals surface area (Å²) in [4.78, 5) is 13.8. The highest BCUT2D eigenvalue weighted by Gasteiger charge is 2.14. The Morgan fingerprint density at radius 3 is 2.73 bits per heavy atom. The first-order valence-electron chi connectivity index (χ1n) is 10.3. The first-order valence-corrected chi connectivity index (χ1v) is 14.0. The van der Waals surface area contributed by atoms with Gasteiger partial charge in [0.05, 0.1) is 36.0 Å². The number of anilines is 2. The first kappa shape index (κ1) is 22.0. The fourth-order valence-electron chi connectivity index (χ4n) is 2.90. The maximum Gasteiger partial charge on any atom is 0.230 e. The predicted octanol–water partition coefficient (Wildman–Crippen LogP) is 5.20. The van der Waals surface area contributed by atoms with E-state index in [2.05, 4.69) is 39.9 Å². The van der Waals surface area contributed by atoms with E-state index in [-0.39, 0.29) is 0 Å². The molecule has 0 radical (unpaired) electrons. The number of para-hydroxylation sites is 1. The number of aryl methyl sites for hydroxylation is 1. The van der Waals surface area contributed by atoms with Crippen LogP contribution in [-0.2, 0) is 16.2 Å². The number of benzene rings is 1. The summed E-state index contributed by atoms with van der Waals surface area (Å²) in [6, 6.07) is 9.09. The van der Waals surface area contributed by atoms with Crippen LogP contribution in [0.3, 0.4) is 0 Å². The molecule has 30 heavy (non-hydrogen) atoms. The van der Waals surface area contributed by atoms with Crippen LogP contribution in [0.15, 0.2) is 36.7 Å². The van der Waals surface area contributed by atoms with Gasteiger partial charge in [-0.1, -0.05) is 37.8 Å². The third-order valence-electron chi connectivity index (χ3n) is 4.62. The molecule has 2 heterocycles. The maximum absolute atomic E-state index is 5.98. The van der Waals surface area contributed by atoms with E-state index in [1.807, 2.05) is 48.8 Å². The van der Waals surface area contributed by atoms with Crippen LogP contribution in [0, 0.1) is 6.92 Å². The molecular formula is C22H31N5O2Si. The van der Waals surface area contributed by atoms with Crippen LogP contribution in [-0.4, -0.2) is 40.8 Å². The molecule has 0 unspecified atom stereocenters. The summed E-state index contributed by atoms with van der Waals surface area (Å²) in [7, 11) is -1.15. The molecule has 1 N–H and O–H groups in total. The number of nitrogens with one attached hydrogen (secondary N) is 1. The fraction of sp³-hybridized carbons (Fsp3) is 0.409. The van der Waals surface area contributed by atoms with Crippen LogP contribution < -0.4 is 5.32 Å². The predicted molar refractivity (Wildman–Crippen MR) is 125 cm³/mol. The van der Waals surface area contributed by atoms with E-state index in [0.29, 0.717) is 25.2 Å². The number of imidazole rings is 1. The molecule has 0 amide bonds. The highest BCUT2D eigenvalue weighted by atomic mass is 28.3. The maximum atomic E-state index is 5.98. The van der Waals surface area contributed by atoms with Crippen molar-refractivity contribution in [2.75, 3.05) is 18.5 Å². The van der Waals surface area contributed by atoms with Gasteiger partial charge in [0, 0.05) is 20.1 Å². The van der Waals surface area contributed by atoms with Crippen LogP contribution in [0.4, 0.5) is 11.9 Å². The molecule has 0 bridgehead atoms. The summed E-state index contributed by atoms with van der Waals surface area (Å²) in [5.74, 6) is 1.15. The number of rotatable bonds is 10. The van der Waals surface area contributed by atoms with Gasteiger partial charge in [0.1, 0.15) is 6.73 Å². The van der Waals surface area contributed by atoms with E-state index in [1.54, 1.807) is 12.5 Å². The zero-order valence-electron chi connectivity index (χ0n) is 18.5. The molecule has 0 aliphatic carbocycles. The van der Waals surface area contributed by atoms with Crippen molar-refractivity contribution in [2.24, 2.45) is 0 Å². The van der Waals surface area contributed by atoms with Crippen molar-refractivity contribution < 1.29 is 9.47 Å². The van der Waals surface area contributed by atoms with Crippen LogP contribution in [0.5, 0.6) is 0 Å². The van der Waals surface area contributed by atoms with Crippen LogP contribution >= 0.6 is 0 Å². The van der Waals surface area contributed by atoms with Gasteiger partial charge in [0.2, 0.25) is 11.9 Å². The largest absolute Gasteiger partial charge is 0.501 e. The number of ether oxygens (including phenoxy) is 2. The lowest BCUT2D eigenvalue weighted by Crippen LogP contribution is -2.22. The topological polar surface area (TPSA) is 74.1 Å². The van der Waals surface area contributed by atoms with Crippen molar-refractivity contribution in [3.8, 4) is 0 Å². The molecule has 1 aromatic carbocycles. The van der Waals surface area contributed by atoms with Gasteiger partial charge in [-0.05, 0) is 32.0 Å². The molecule has 2 aromatic heterocycles. The number of hydrogen-bond acceptors (Lipinski definition) is 6. The molecule has 7 nitrogen and oxygen atoms in total. The van der Waals surface area contributed by atoms with Gasteiger partial charge < -0.3 is 9.47 Å². The highest BCUT2D eigenvalue weighted by molar-refractivity contribution is 6.76. The minimum atomic E-state index is -1.15. The number of aromatic nitrogens is 4. The third kappa shape index (κ3) is 5.90. The van der Waals surface area contributed by atoms with Crippen LogP contribution in [0.25, 0.3) is 17.0 Å². The minimum Gasteiger partial charge on any atom is -0.501 e. The summed E-state index contributed by atoms with van der Waals surface area (Å²) < 4.78 is 13.3. The van der Waals surface area contributed by atoms with Gasteiger partial charge in [-0.15, -0.1) is 0 Å². The zero-order chi connectivity index (χ0) is 21.6. The van der Waals surface area contributed by atoms with E-state index in [0.717, 1.165) is 34.9 Å². The lowest BCUT2D eigenvalue weighted by Gasteiger charge is -2.17. The smallest absolute Gasteiger partial charge is 0.230 e. The lowest BCUT2D eigenvalue weighted by atomic mass is 10.2. The summed E-state index contributed by atoms with van der Waals surface area (Å²) in [6.45, 7) is 12.7. The summed E-state index contributed by atoms with van der Waals surface area (Å²) in [6.07, 6.45) is 5.35. The molecule has 0 aliphatic heterocycles. The standard InChI is InChI=1S/C22H31N5O2Si/c1-6-28-12-11-18-15-23-22(27(18)16-29-13-14-30(3,4)5)26-21-24-17(2)19-9-7-8-10-20(19)25-21/h7-12,15H,6,13-14,16H2,1-5H3,(H,23,24,25,26). The second-order valence-corrected chi connectivity index (χ2v) is 13.9. The Labute approximate surface area is 179 Å². The van der Waals surface area contributed by atoms with Crippen LogP contribution in [0.2, 0.25) is 25.7 Å². The molecule has 0 saturated carbocycles. The number of fused-ring (bicyclic) bond motifs is 1. The summed E-state index contributed by atoms with van der Waals surface area (Å²) in [5.41, 5.74) is 2.70. The Bertz CT molecular complexity index is 1010. The summed E-state index contributed by atoms with van der Waals surface area (Å²) >= 11 is 0. The molecule has 0 spiro atoms. The Hall–Kier alpha value is -2.71. The van der Waals surface area contributed by atoms with Gasteiger partial charge in [-0.3, -0.25) is 9.88 Å². The molecular weight excluding hydrogens is 394 g/mol. The fourth-order valence-corrected chi connectivity index (χ4v) is 3.65. The quantitative estimate of drug-likeness (QED) is 0.273. The van der Waals surface area contributed by atoms with E-state index < -0.39 is 8.07 Å². The Morgan fingerprint density at radius 2 is 1.97 bits per heavy atom. The van der Waals surface area contributed by atoms with Crippen LogP contribution in [0.1, 0.15) is 18.3 Å². The lowest BCUT2D eigenvalue weighted by molar-refractivity contribution is 0.0881. The average molecular weight is 426 g/mol. The van der Waals surface area contributed by atoms with Crippen molar-refractivity contribution in [1.82, 2.24) is 19.5 Å². The average Bonchev–Trinajstić information content (AvgIpc) is 3.06. The molecule has 0 aliphatic rings. The van der Waals surface area contributed by atoms with E-state index >= 15 is 0 Å². The SMILES string of the molecule is CCOC=Cc1cnc(Nc2nc(C)c3ccccc3n2)n1COCC[Si](C)(C)C. The van der Waals surface area contributed by atoms with Crippen molar-refractivity contribution in [3.63, 3.8) is 0 Å². The molecule has 3 aromatic rings. The van der Waals surface area contributed by atoms with Crippen molar-refractivity contribution in [1.29, 1.82) is 0 Å². The Balaban J connectivity index is 1.82. The second kappa shape index (κ2) is 9.86.